The maximum atomic E-state index is 9.75. The molecule has 2 nitrogen and oxygen atoms in total. The van der Waals surface area contributed by atoms with Crippen LogP contribution in [-0.4, -0.2) is 6.08 Å². The molecule has 0 saturated carbocycles. The minimum atomic E-state index is 0.431. The molecule has 1 aromatic carbocycles. The topological polar surface area (TPSA) is 29.4 Å². The van der Waals surface area contributed by atoms with Crippen molar-refractivity contribution in [2.24, 2.45) is 4.99 Å². The van der Waals surface area contributed by atoms with Crippen molar-refractivity contribution >= 4 is 28.7 Å². The number of aliphatic imine (C=N–C) groups is 1. The van der Waals surface area contributed by atoms with E-state index in [-0.39, 0.29) is 0 Å². The SMILES string of the molecule is O=C=NCc1ccc(I)cc1. The van der Waals surface area contributed by atoms with E-state index in [1.54, 1.807) is 0 Å². The van der Waals surface area contributed by atoms with Crippen LogP contribution in [0.4, 0.5) is 0 Å². The molecular weight excluding hydrogens is 253 g/mol. The van der Waals surface area contributed by atoms with Crippen LogP contribution >= 0.6 is 22.6 Å². The normalized spacial score (nSPS) is 8.82. The third-order valence-corrected chi connectivity index (χ3v) is 1.96. The number of halogens is 1. The fourth-order valence-corrected chi connectivity index (χ4v) is 1.07. The van der Waals surface area contributed by atoms with Crippen LogP contribution in [0, 0.1) is 3.57 Å². The molecule has 0 fully saturated rings. The Labute approximate surface area is 78.5 Å². The first-order valence-corrected chi connectivity index (χ1v) is 4.19. The number of benzene rings is 1. The van der Waals surface area contributed by atoms with E-state index in [1.165, 1.54) is 9.65 Å². The van der Waals surface area contributed by atoms with Crippen LogP contribution in [0.3, 0.4) is 0 Å². The van der Waals surface area contributed by atoms with Gasteiger partial charge in [0.2, 0.25) is 6.08 Å². The van der Waals surface area contributed by atoms with Crippen LogP contribution in [0.2, 0.25) is 0 Å². The Morgan fingerprint density at radius 1 is 1.36 bits per heavy atom. The molecule has 0 aromatic heterocycles. The van der Waals surface area contributed by atoms with Crippen molar-refractivity contribution in [1.82, 2.24) is 0 Å². The molecule has 0 bridgehead atoms. The predicted octanol–water partition coefficient (Wildman–Crippen LogP) is 2.13. The lowest BCUT2D eigenvalue weighted by Gasteiger charge is -1.93. The van der Waals surface area contributed by atoms with Crippen molar-refractivity contribution in [1.29, 1.82) is 0 Å². The average molecular weight is 259 g/mol. The third-order valence-electron chi connectivity index (χ3n) is 1.24. The summed E-state index contributed by atoms with van der Waals surface area (Å²) >= 11 is 2.23. The Morgan fingerprint density at radius 3 is 2.55 bits per heavy atom. The standard InChI is InChI=1S/C8H6INO/c9-8-3-1-7(2-4-8)5-10-6-11/h1-4H,5H2. The summed E-state index contributed by atoms with van der Waals surface area (Å²) in [5, 5.41) is 0. The van der Waals surface area contributed by atoms with Gasteiger partial charge in [-0.25, -0.2) is 9.79 Å². The van der Waals surface area contributed by atoms with Crippen molar-refractivity contribution < 1.29 is 4.79 Å². The van der Waals surface area contributed by atoms with Gasteiger partial charge in [0.25, 0.3) is 0 Å². The third kappa shape index (κ3) is 2.82. The van der Waals surface area contributed by atoms with Gasteiger partial charge in [-0.05, 0) is 40.3 Å². The molecule has 0 atom stereocenters. The van der Waals surface area contributed by atoms with Gasteiger partial charge in [-0.15, -0.1) is 0 Å². The smallest absolute Gasteiger partial charge is 0.211 e. The van der Waals surface area contributed by atoms with E-state index >= 15 is 0 Å². The molecule has 1 aromatic rings. The van der Waals surface area contributed by atoms with Crippen LogP contribution < -0.4 is 0 Å². The van der Waals surface area contributed by atoms with Gasteiger partial charge in [0.15, 0.2) is 0 Å². The van der Waals surface area contributed by atoms with E-state index in [1.807, 2.05) is 24.3 Å². The highest BCUT2D eigenvalue weighted by molar-refractivity contribution is 14.1. The Balaban J connectivity index is 2.73. The van der Waals surface area contributed by atoms with Crippen LogP contribution in [-0.2, 0) is 11.3 Å². The molecule has 1 rings (SSSR count). The van der Waals surface area contributed by atoms with Gasteiger partial charge in [0, 0.05) is 3.57 Å². The monoisotopic (exact) mass is 259 g/mol. The van der Waals surface area contributed by atoms with E-state index in [0.29, 0.717) is 6.54 Å². The fourth-order valence-electron chi connectivity index (χ4n) is 0.713. The number of nitrogens with zero attached hydrogens (tertiary/aromatic N) is 1. The zero-order valence-corrected chi connectivity index (χ0v) is 7.91. The minimum Gasteiger partial charge on any atom is -0.211 e. The maximum absolute atomic E-state index is 9.75. The first kappa shape index (κ1) is 8.43. The zero-order valence-electron chi connectivity index (χ0n) is 5.75. The second kappa shape index (κ2) is 4.26. The van der Waals surface area contributed by atoms with Crippen LogP contribution in [0.1, 0.15) is 5.56 Å². The van der Waals surface area contributed by atoms with Gasteiger partial charge < -0.3 is 0 Å². The minimum absolute atomic E-state index is 0.431. The summed E-state index contributed by atoms with van der Waals surface area (Å²) in [5.41, 5.74) is 1.04. The summed E-state index contributed by atoms with van der Waals surface area (Å²) in [7, 11) is 0. The lowest BCUT2D eigenvalue weighted by Crippen LogP contribution is -1.79. The molecule has 56 valence electrons. The molecule has 0 spiro atoms. The summed E-state index contributed by atoms with van der Waals surface area (Å²) in [4.78, 5) is 13.2. The van der Waals surface area contributed by atoms with Crippen molar-refractivity contribution in [3.63, 3.8) is 0 Å². The average Bonchev–Trinajstić information content (AvgIpc) is 2.04. The van der Waals surface area contributed by atoms with E-state index in [0.717, 1.165) is 5.56 Å². The molecule has 3 heteroatoms. The Morgan fingerprint density at radius 2 is 2.00 bits per heavy atom. The number of carbonyl (C=O) groups excluding carboxylic acids is 1. The fraction of sp³-hybridized carbons (Fsp3) is 0.125. The summed E-state index contributed by atoms with van der Waals surface area (Å²) in [5.74, 6) is 0. The molecule has 0 heterocycles. The van der Waals surface area contributed by atoms with Gasteiger partial charge in [-0.2, -0.15) is 0 Å². The Bertz CT molecular complexity index is 275. The van der Waals surface area contributed by atoms with Crippen LogP contribution in [0.25, 0.3) is 0 Å². The molecule has 0 aliphatic rings. The molecule has 0 unspecified atom stereocenters. The van der Waals surface area contributed by atoms with Gasteiger partial charge in [-0.1, -0.05) is 12.1 Å². The Kier molecular flexibility index (Phi) is 3.26. The summed E-state index contributed by atoms with van der Waals surface area (Å²) in [6, 6.07) is 7.86. The first-order chi connectivity index (χ1) is 5.33. The van der Waals surface area contributed by atoms with Gasteiger partial charge in [0.05, 0.1) is 6.54 Å². The van der Waals surface area contributed by atoms with Crippen molar-refractivity contribution in [2.75, 3.05) is 0 Å². The van der Waals surface area contributed by atoms with E-state index in [4.69, 9.17) is 0 Å². The second-order valence-corrected chi connectivity index (χ2v) is 3.28. The highest BCUT2D eigenvalue weighted by atomic mass is 127. The second-order valence-electron chi connectivity index (χ2n) is 2.03. The summed E-state index contributed by atoms with van der Waals surface area (Å²) < 4.78 is 1.18. The molecule has 0 aliphatic carbocycles. The van der Waals surface area contributed by atoms with E-state index in [9.17, 15) is 4.79 Å². The van der Waals surface area contributed by atoms with Crippen LogP contribution in [0.5, 0.6) is 0 Å². The molecule has 11 heavy (non-hydrogen) atoms. The molecule has 0 aliphatic heterocycles. The number of rotatable bonds is 2. The lowest BCUT2D eigenvalue weighted by molar-refractivity contribution is 0.563. The van der Waals surface area contributed by atoms with Crippen LogP contribution in [0.15, 0.2) is 29.3 Å². The highest BCUT2D eigenvalue weighted by Gasteiger charge is 1.89. The van der Waals surface area contributed by atoms with Crippen molar-refractivity contribution in [2.45, 2.75) is 6.54 Å². The molecule has 0 amide bonds. The highest BCUT2D eigenvalue weighted by Crippen LogP contribution is 2.06. The zero-order chi connectivity index (χ0) is 8.10. The largest absolute Gasteiger partial charge is 0.235 e. The number of isocyanates is 1. The van der Waals surface area contributed by atoms with Crippen molar-refractivity contribution in [3.05, 3.63) is 33.4 Å². The molecule has 0 radical (unpaired) electrons. The first-order valence-electron chi connectivity index (χ1n) is 3.11. The van der Waals surface area contributed by atoms with Gasteiger partial charge in [0.1, 0.15) is 0 Å². The van der Waals surface area contributed by atoms with E-state index < -0.39 is 0 Å². The number of hydrogen-bond donors (Lipinski definition) is 0. The Hall–Kier alpha value is -0.670. The predicted molar refractivity (Wildman–Crippen MR) is 51.0 cm³/mol. The van der Waals surface area contributed by atoms with Gasteiger partial charge in [-0.3, -0.25) is 0 Å². The summed E-state index contributed by atoms with van der Waals surface area (Å²) in [6.45, 7) is 0.431. The molecule has 0 saturated heterocycles. The molecule has 0 N–H and O–H groups in total. The maximum Gasteiger partial charge on any atom is 0.235 e. The quantitative estimate of drug-likeness (QED) is 0.454. The molecular formula is C8H6INO. The van der Waals surface area contributed by atoms with Gasteiger partial charge >= 0.3 is 0 Å². The van der Waals surface area contributed by atoms with E-state index in [2.05, 4.69) is 27.6 Å². The summed E-state index contributed by atoms with van der Waals surface area (Å²) in [6.07, 6.45) is 1.50. The number of hydrogen-bond acceptors (Lipinski definition) is 2. The lowest BCUT2D eigenvalue weighted by atomic mass is 10.2. The van der Waals surface area contributed by atoms with Crippen molar-refractivity contribution in [3.8, 4) is 0 Å².